The number of rotatable bonds is 4. The molecule has 3 rings (SSSR count). The number of amides is 2. The number of aromatic nitrogens is 1. The molecule has 1 aliphatic rings. The predicted molar refractivity (Wildman–Crippen MR) is 91.3 cm³/mol. The number of nitrogens with one attached hydrogen (secondary N) is 1. The lowest BCUT2D eigenvalue weighted by atomic mass is 10.0. The van der Waals surface area contributed by atoms with Crippen LogP contribution in [0.15, 0.2) is 42.7 Å². The molecule has 2 aromatic rings. The Bertz CT molecular complexity index is 711. The molecule has 126 valence electrons. The Labute approximate surface area is 145 Å². The monoisotopic (exact) mass is 347 g/mol. The van der Waals surface area contributed by atoms with Gasteiger partial charge in [-0.05, 0) is 48.1 Å². The molecule has 2 heterocycles. The SMILES string of the molecule is O=C(NCc1ccc(F)cc1Cl)N1CCC(Cc2cccnc2)C1. The molecule has 1 aliphatic heterocycles. The van der Waals surface area contributed by atoms with E-state index in [1.165, 1.54) is 17.7 Å². The van der Waals surface area contributed by atoms with E-state index >= 15 is 0 Å². The van der Waals surface area contributed by atoms with Crippen LogP contribution in [0.3, 0.4) is 0 Å². The summed E-state index contributed by atoms with van der Waals surface area (Å²) in [6.07, 6.45) is 5.55. The molecule has 0 spiro atoms. The quantitative estimate of drug-likeness (QED) is 0.917. The fourth-order valence-electron chi connectivity index (χ4n) is 2.98. The fourth-order valence-corrected chi connectivity index (χ4v) is 3.22. The maximum absolute atomic E-state index is 13.0. The van der Waals surface area contributed by atoms with Gasteiger partial charge < -0.3 is 10.2 Å². The number of urea groups is 1. The zero-order valence-electron chi connectivity index (χ0n) is 13.2. The molecule has 1 N–H and O–H groups in total. The van der Waals surface area contributed by atoms with E-state index in [9.17, 15) is 9.18 Å². The second-order valence-electron chi connectivity index (χ2n) is 6.06. The molecule has 1 unspecified atom stereocenters. The van der Waals surface area contributed by atoms with Crippen LogP contribution in [0, 0.1) is 11.7 Å². The van der Waals surface area contributed by atoms with Crippen LogP contribution in [0.25, 0.3) is 0 Å². The molecule has 1 fully saturated rings. The van der Waals surface area contributed by atoms with E-state index in [2.05, 4.69) is 16.4 Å². The first kappa shape index (κ1) is 16.7. The van der Waals surface area contributed by atoms with Crippen molar-refractivity contribution in [3.05, 3.63) is 64.7 Å². The zero-order valence-corrected chi connectivity index (χ0v) is 14.0. The van der Waals surface area contributed by atoms with Crippen molar-refractivity contribution >= 4 is 17.6 Å². The molecular formula is C18H19ClFN3O. The highest BCUT2D eigenvalue weighted by Crippen LogP contribution is 2.21. The Morgan fingerprint density at radius 2 is 2.29 bits per heavy atom. The second-order valence-corrected chi connectivity index (χ2v) is 6.47. The first-order chi connectivity index (χ1) is 11.6. The van der Waals surface area contributed by atoms with E-state index in [0.29, 0.717) is 23.0 Å². The number of benzene rings is 1. The molecule has 0 saturated carbocycles. The Hall–Kier alpha value is -2.14. The van der Waals surface area contributed by atoms with Crippen LogP contribution in [-0.4, -0.2) is 29.0 Å². The minimum atomic E-state index is -0.382. The molecule has 2 amide bonds. The average Bonchev–Trinajstić information content (AvgIpc) is 3.03. The molecule has 4 nitrogen and oxygen atoms in total. The van der Waals surface area contributed by atoms with E-state index in [-0.39, 0.29) is 11.8 Å². The lowest BCUT2D eigenvalue weighted by molar-refractivity contribution is 0.206. The summed E-state index contributed by atoms with van der Waals surface area (Å²) in [6.45, 7) is 1.77. The van der Waals surface area contributed by atoms with Gasteiger partial charge in [0.15, 0.2) is 0 Å². The minimum Gasteiger partial charge on any atom is -0.334 e. The number of likely N-dealkylation sites (tertiary alicyclic amines) is 1. The van der Waals surface area contributed by atoms with Gasteiger partial charge in [-0.3, -0.25) is 4.98 Å². The van der Waals surface area contributed by atoms with E-state index in [4.69, 9.17) is 11.6 Å². The number of pyridine rings is 1. The Kier molecular flexibility index (Phi) is 5.30. The first-order valence-corrected chi connectivity index (χ1v) is 8.35. The van der Waals surface area contributed by atoms with Crippen LogP contribution < -0.4 is 5.32 Å². The molecule has 0 radical (unpaired) electrons. The Morgan fingerprint density at radius 1 is 1.42 bits per heavy atom. The topological polar surface area (TPSA) is 45.2 Å². The maximum atomic E-state index is 13.0. The van der Waals surface area contributed by atoms with Gasteiger partial charge in [0.2, 0.25) is 0 Å². The molecular weight excluding hydrogens is 329 g/mol. The van der Waals surface area contributed by atoms with Crippen LogP contribution in [0.2, 0.25) is 5.02 Å². The van der Waals surface area contributed by atoms with Crippen LogP contribution in [0.1, 0.15) is 17.5 Å². The van der Waals surface area contributed by atoms with Gasteiger partial charge in [-0.25, -0.2) is 9.18 Å². The average molecular weight is 348 g/mol. The van der Waals surface area contributed by atoms with Crippen LogP contribution in [0.5, 0.6) is 0 Å². The van der Waals surface area contributed by atoms with Crippen molar-refractivity contribution in [3.8, 4) is 0 Å². The number of hydrogen-bond donors (Lipinski definition) is 1. The lowest BCUT2D eigenvalue weighted by Gasteiger charge is -2.18. The first-order valence-electron chi connectivity index (χ1n) is 7.97. The summed E-state index contributed by atoms with van der Waals surface area (Å²) in [5, 5.41) is 3.18. The lowest BCUT2D eigenvalue weighted by Crippen LogP contribution is -2.38. The van der Waals surface area contributed by atoms with Crippen LogP contribution >= 0.6 is 11.6 Å². The summed E-state index contributed by atoms with van der Waals surface area (Å²) in [4.78, 5) is 18.2. The number of halogens is 2. The predicted octanol–water partition coefficient (Wildman–Crippen LogP) is 3.65. The van der Waals surface area contributed by atoms with E-state index in [1.807, 2.05) is 17.2 Å². The molecule has 1 aromatic carbocycles. The fraction of sp³-hybridized carbons (Fsp3) is 0.333. The minimum absolute atomic E-state index is 0.107. The summed E-state index contributed by atoms with van der Waals surface area (Å²) < 4.78 is 13.0. The highest BCUT2D eigenvalue weighted by molar-refractivity contribution is 6.31. The van der Waals surface area contributed by atoms with Crippen molar-refractivity contribution in [3.63, 3.8) is 0 Å². The molecule has 1 aromatic heterocycles. The van der Waals surface area contributed by atoms with Gasteiger partial charge in [-0.2, -0.15) is 0 Å². The van der Waals surface area contributed by atoms with Crippen molar-refractivity contribution in [2.45, 2.75) is 19.4 Å². The largest absolute Gasteiger partial charge is 0.334 e. The summed E-state index contributed by atoms with van der Waals surface area (Å²) >= 11 is 5.98. The van der Waals surface area contributed by atoms with E-state index in [0.717, 1.165) is 25.9 Å². The number of hydrogen-bond acceptors (Lipinski definition) is 2. The van der Waals surface area contributed by atoms with Gasteiger partial charge in [-0.15, -0.1) is 0 Å². The summed E-state index contributed by atoms with van der Waals surface area (Å²) in [5.74, 6) is 0.0715. The van der Waals surface area contributed by atoms with Crippen LogP contribution in [-0.2, 0) is 13.0 Å². The second kappa shape index (κ2) is 7.62. The molecule has 1 saturated heterocycles. The number of carbonyl (C=O) groups excluding carboxylic acids is 1. The van der Waals surface area contributed by atoms with Gasteiger partial charge >= 0.3 is 6.03 Å². The normalized spacial score (nSPS) is 17.1. The number of carbonyl (C=O) groups is 1. The van der Waals surface area contributed by atoms with Gasteiger partial charge in [0.25, 0.3) is 0 Å². The van der Waals surface area contributed by atoms with Gasteiger partial charge in [-0.1, -0.05) is 23.7 Å². The maximum Gasteiger partial charge on any atom is 0.317 e. The van der Waals surface area contributed by atoms with Crippen molar-refractivity contribution in [1.29, 1.82) is 0 Å². The summed E-state index contributed by atoms with van der Waals surface area (Å²) in [5.41, 5.74) is 1.90. The van der Waals surface area contributed by atoms with Crippen molar-refractivity contribution in [2.24, 2.45) is 5.92 Å². The number of nitrogens with zero attached hydrogens (tertiary/aromatic N) is 2. The molecule has 6 heteroatoms. The molecule has 0 aliphatic carbocycles. The van der Waals surface area contributed by atoms with Crippen molar-refractivity contribution < 1.29 is 9.18 Å². The zero-order chi connectivity index (χ0) is 16.9. The van der Waals surface area contributed by atoms with E-state index in [1.54, 1.807) is 12.3 Å². The standard InChI is InChI=1S/C18H19ClFN3O/c19-17-9-16(20)4-3-15(17)11-22-18(24)23-7-5-14(12-23)8-13-2-1-6-21-10-13/h1-4,6,9-10,14H,5,7-8,11-12H2,(H,22,24). The van der Waals surface area contributed by atoms with Crippen LogP contribution in [0.4, 0.5) is 9.18 Å². The van der Waals surface area contributed by atoms with Gasteiger partial charge in [0.1, 0.15) is 5.82 Å². The third-order valence-electron chi connectivity index (χ3n) is 4.27. The van der Waals surface area contributed by atoms with Crippen molar-refractivity contribution in [2.75, 3.05) is 13.1 Å². The van der Waals surface area contributed by atoms with Gasteiger partial charge in [0.05, 0.1) is 0 Å². The molecule has 0 bridgehead atoms. The highest BCUT2D eigenvalue weighted by Gasteiger charge is 2.26. The summed E-state index contributed by atoms with van der Waals surface area (Å²) in [6, 6.07) is 8.07. The summed E-state index contributed by atoms with van der Waals surface area (Å²) in [7, 11) is 0. The molecule has 1 atom stereocenters. The molecule has 24 heavy (non-hydrogen) atoms. The van der Waals surface area contributed by atoms with Gasteiger partial charge in [0, 0.05) is 37.1 Å². The smallest absolute Gasteiger partial charge is 0.317 e. The van der Waals surface area contributed by atoms with Crippen molar-refractivity contribution in [1.82, 2.24) is 15.2 Å². The third-order valence-corrected chi connectivity index (χ3v) is 4.62. The Balaban J connectivity index is 1.49. The third kappa shape index (κ3) is 4.23. The highest BCUT2D eigenvalue weighted by atomic mass is 35.5. The Morgan fingerprint density at radius 3 is 3.04 bits per heavy atom. The van der Waals surface area contributed by atoms with E-state index < -0.39 is 0 Å².